The molecule has 298 valence electrons. The molecule has 6 aliphatic heterocycles. The first-order valence-corrected chi connectivity index (χ1v) is 19.7. The number of benzene rings is 4. The molecule has 6 aliphatic rings. The van der Waals surface area contributed by atoms with Crippen LogP contribution in [0.15, 0.2) is 107 Å². The summed E-state index contributed by atoms with van der Waals surface area (Å²) in [6, 6.07) is 30.9. The second-order valence-electron chi connectivity index (χ2n) is 16.0. The van der Waals surface area contributed by atoms with Crippen LogP contribution >= 0.6 is 0 Å². The Hall–Kier alpha value is -5.01. The maximum Gasteiger partial charge on any atom is 0.401 e. The van der Waals surface area contributed by atoms with Crippen LogP contribution in [0.5, 0.6) is 0 Å². The van der Waals surface area contributed by atoms with Crippen molar-refractivity contribution in [3.63, 3.8) is 0 Å². The van der Waals surface area contributed by atoms with Gasteiger partial charge in [0.15, 0.2) is 0 Å². The average molecular weight is 785 g/mol. The van der Waals surface area contributed by atoms with Crippen molar-refractivity contribution in [2.24, 2.45) is 9.98 Å². The van der Waals surface area contributed by atoms with E-state index in [1.54, 1.807) is 12.1 Å². The van der Waals surface area contributed by atoms with Gasteiger partial charge in [0.05, 0.1) is 31.7 Å². The standard InChI is InChI=1S/C23H23F4N3O.C21H22FN3O/c24-18-7-5-17(6-8-18)20-19-4-2-1-3-16(19)9-11-30(20)21-28-13-22(31-21)10-12-29(14-22)15-23(25,26)27;22-17-7-5-16(6-8-17)19-18-4-2-1-3-15(18)9-12-25(19)20-24-14-21(26-20)10-11-23-13-21/h1-8,20H,9-15H2;1-8,19,23H,9-14H2/t20-,22+;19-,21-/m00/s1. The predicted molar refractivity (Wildman–Crippen MR) is 207 cm³/mol. The summed E-state index contributed by atoms with van der Waals surface area (Å²) in [4.78, 5) is 15.1. The molecule has 0 aromatic heterocycles. The van der Waals surface area contributed by atoms with Crippen molar-refractivity contribution < 1.29 is 31.4 Å². The molecule has 2 saturated heterocycles. The number of hydrogen-bond acceptors (Lipinski definition) is 8. The smallest absolute Gasteiger partial charge is 0.401 e. The largest absolute Gasteiger partial charge is 0.455 e. The third kappa shape index (κ3) is 7.71. The second-order valence-corrected chi connectivity index (χ2v) is 16.0. The number of alkyl halides is 3. The molecular formula is C44H45F5N6O2. The first-order valence-electron chi connectivity index (χ1n) is 19.7. The zero-order valence-electron chi connectivity index (χ0n) is 31.5. The third-order valence-electron chi connectivity index (χ3n) is 12.1. The Morgan fingerprint density at radius 1 is 0.649 bits per heavy atom. The highest BCUT2D eigenvalue weighted by atomic mass is 19.4. The molecule has 2 fully saturated rings. The molecular weight excluding hydrogens is 740 g/mol. The molecule has 0 saturated carbocycles. The fourth-order valence-electron chi connectivity index (χ4n) is 9.26. The highest BCUT2D eigenvalue weighted by Gasteiger charge is 2.49. The maximum absolute atomic E-state index is 13.6. The van der Waals surface area contributed by atoms with Gasteiger partial charge in [0.25, 0.3) is 12.0 Å². The fourth-order valence-corrected chi connectivity index (χ4v) is 9.26. The van der Waals surface area contributed by atoms with E-state index in [0.29, 0.717) is 38.6 Å². The number of ether oxygens (including phenoxy) is 2. The Morgan fingerprint density at radius 2 is 1.16 bits per heavy atom. The molecule has 4 aromatic carbocycles. The fraction of sp³-hybridized carbons (Fsp3) is 0.409. The summed E-state index contributed by atoms with van der Waals surface area (Å²) >= 11 is 0. The summed E-state index contributed by atoms with van der Waals surface area (Å²) in [5.41, 5.74) is 6.03. The zero-order chi connectivity index (χ0) is 39.2. The van der Waals surface area contributed by atoms with Crippen molar-refractivity contribution in [3.05, 3.63) is 142 Å². The van der Waals surface area contributed by atoms with Crippen LogP contribution in [-0.4, -0.2) is 103 Å². The van der Waals surface area contributed by atoms with Crippen LogP contribution in [0.25, 0.3) is 0 Å². The van der Waals surface area contributed by atoms with E-state index in [1.165, 1.54) is 45.9 Å². The topological polar surface area (TPSA) is 64.9 Å². The molecule has 8 nitrogen and oxygen atoms in total. The number of rotatable bonds is 3. The van der Waals surface area contributed by atoms with Crippen LogP contribution in [0.1, 0.15) is 58.3 Å². The van der Waals surface area contributed by atoms with E-state index in [0.717, 1.165) is 61.6 Å². The molecule has 0 bridgehead atoms. The normalized spacial score (nSPS) is 26.7. The summed E-state index contributed by atoms with van der Waals surface area (Å²) in [5.74, 6) is -0.515. The molecule has 1 N–H and O–H groups in total. The summed E-state index contributed by atoms with van der Waals surface area (Å²) in [6.45, 7) is 4.04. The summed E-state index contributed by atoms with van der Waals surface area (Å²) < 4.78 is 78.1. The van der Waals surface area contributed by atoms with Gasteiger partial charge in [-0.1, -0.05) is 72.8 Å². The van der Waals surface area contributed by atoms with Gasteiger partial charge >= 0.3 is 6.18 Å². The van der Waals surface area contributed by atoms with Gasteiger partial charge in [0.1, 0.15) is 22.8 Å². The quantitative estimate of drug-likeness (QED) is 0.225. The first-order chi connectivity index (χ1) is 27.6. The van der Waals surface area contributed by atoms with Gasteiger partial charge in [0.2, 0.25) is 0 Å². The average Bonchev–Trinajstić information content (AvgIpc) is 4.04. The molecule has 10 rings (SSSR count). The van der Waals surface area contributed by atoms with Gasteiger partial charge in [-0.05, 0) is 77.0 Å². The van der Waals surface area contributed by atoms with E-state index in [-0.39, 0.29) is 35.9 Å². The Morgan fingerprint density at radius 3 is 1.67 bits per heavy atom. The van der Waals surface area contributed by atoms with Gasteiger partial charge in [-0.15, -0.1) is 0 Å². The molecule has 0 radical (unpaired) electrons. The Balaban J connectivity index is 0.000000150. The minimum atomic E-state index is -4.22. The number of halogens is 5. The number of nitrogens with zero attached hydrogens (tertiary/aromatic N) is 5. The van der Waals surface area contributed by atoms with E-state index in [4.69, 9.17) is 14.5 Å². The van der Waals surface area contributed by atoms with Gasteiger partial charge in [-0.2, -0.15) is 13.2 Å². The van der Waals surface area contributed by atoms with Crippen molar-refractivity contribution in [3.8, 4) is 0 Å². The highest BCUT2D eigenvalue weighted by Crippen LogP contribution is 2.41. The second kappa shape index (κ2) is 15.1. The van der Waals surface area contributed by atoms with E-state index < -0.39 is 18.3 Å². The molecule has 6 heterocycles. The van der Waals surface area contributed by atoms with Crippen LogP contribution in [0.2, 0.25) is 0 Å². The van der Waals surface area contributed by atoms with Crippen molar-refractivity contribution >= 4 is 12.0 Å². The lowest BCUT2D eigenvalue weighted by Crippen LogP contribution is -2.45. The zero-order valence-corrected chi connectivity index (χ0v) is 31.5. The van der Waals surface area contributed by atoms with Gasteiger partial charge in [0, 0.05) is 45.6 Å². The van der Waals surface area contributed by atoms with Crippen LogP contribution < -0.4 is 5.32 Å². The SMILES string of the molecule is Fc1ccc([C@H]2c3ccccc3CCN2C2=NC[C@@]3(CCN(CC(F)(F)F)C3)O2)cc1.Fc1ccc([C@H]2c3ccccc3CCN2C2=NC[C@@]3(CCNC3)O2)cc1. The number of nitrogens with one attached hydrogen (secondary N) is 1. The molecule has 2 spiro atoms. The number of aliphatic imine (C=N–C) groups is 2. The molecule has 0 aliphatic carbocycles. The van der Waals surface area contributed by atoms with E-state index in [9.17, 15) is 22.0 Å². The minimum Gasteiger partial charge on any atom is -0.455 e. The van der Waals surface area contributed by atoms with Crippen LogP contribution in [0, 0.1) is 11.6 Å². The number of likely N-dealkylation sites (tertiary alicyclic amines) is 1. The number of hydrogen-bond donors (Lipinski definition) is 1. The molecule has 57 heavy (non-hydrogen) atoms. The Bertz CT molecular complexity index is 2140. The first kappa shape index (κ1) is 37.6. The molecule has 0 amide bonds. The monoisotopic (exact) mass is 784 g/mol. The Kier molecular flexibility index (Phi) is 9.92. The molecule has 13 heteroatoms. The van der Waals surface area contributed by atoms with Gasteiger partial charge < -0.3 is 24.6 Å². The molecule has 4 aromatic rings. The molecule has 0 unspecified atom stereocenters. The van der Waals surface area contributed by atoms with Crippen molar-refractivity contribution in [2.45, 2.75) is 55.1 Å². The van der Waals surface area contributed by atoms with Crippen LogP contribution in [-0.2, 0) is 22.3 Å². The van der Waals surface area contributed by atoms with E-state index >= 15 is 0 Å². The van der Waals surface area contributed by atoms with Crippen molar-refractivity contribution in [2.75, 3.05) is 58.9 Å². The minimum absolute atomic E-state index is 0.00353. The van der Waals surface area contributed by atoms with Crippen molar-refractivity contribution in [1.29, 1.82) is 0 Å². The maximum atomic E-state index is 13.6. The Labute approximate surface area is 329 Å². The summed E-state index contributed by atoms with van der Waals surface area (Å²) in [7, 11) is 0. The van der Waals surface area contributed by atoms with Crippen LogP contribution in [0.4, 0.5) is 22.0 Å². The van der Waals surface area contributed by atoms with Crippen LogP contribution in [0.3, 0.4) is 0 Å². The van der Waals surface area contributed by atoms with Gasteiger partial charge in [-0.25, -0.2) is 18.8 Å². The third-order valence-corrected chi connectivity index (χ3v) is 12.1. The lowest BCUT2D eigenvalue weighted by molar-refractivity contribution is -0.144. The van der Waals surface area contributed by atoms with Gasteiger partial charge in [-0.3, -0.25) is 4.90 Å². The predicted octanol–water partition coefficient (Wildman–Crippen LogP) is 7.06. The van der Waals surface area contributed by atoms with E-state index in [1.807, 2.05) is 24.3 Å². The lowest BCUT2D eigenvalue weighted by Gasteiger charge is -2.39. The van der Waals surface area contributed by atoms with E-state index in [2.05, 4.69) is 56.5 Å². The summed E-state index contributed by atoms with van der Waals surface area (Å²) in [6.07, 6.45) is -0.948. The molecule has 4 atom stereocenters. The lowest BCUT2D eigenvalue weighted by atomic mass is 9.88. The van der Waals surface area contributed by atoms with Crippen molar-refractivity contribution in [1.82, 2.24) is 20.0 Å². The highest BCUT2D eigenvalue weighted by molar-refractivity contribution is 5.78. The number of fused-ring (bicyclic) bond motifs is 2. The summed E-state index contributed by atoms with van der Waals surface area (Å²) in [5, 5.41) is 3.38. The number of amidine groups is 2.